The van der Waals surface area contributed by atoms with E-state index in [9.17, 15) is 19.0 Å². The number of hydrogen-bond acceptors (Lipinski definition) is 8. The molecule has 0 aromatic carbocycles. The van der Waals surface area contributed by atoms with Gasteiger partial charge in [-0.25, -0.2) is 4.57 Å². The molecule has 0 aliphatic carbocycles. The minimum Gasteiger partial charge on any atom is -0.462 e. The van der Waals surface area contributed by atoms with Gasteiger partial charge in [-0.1, -0.05) is 167 Å². The lowest BCUT2D eigenvalue weighted by atomic mass is 10.1. The molecule has 0 radical (unpaired) electrons. The molecule has 9 nitrogen and oxygen atoms in total. The third kappa shape index (κ3) is 41.9. The molecule has 0 saturated carbocycles. The van der Waals surface area contributed by atoms with Crippen molar-refractivity contribution in [2.75, 3.05) is 26.4 Å². The lowest BCUT2D eigenvalue weighted by molar-refractivity contribution is -0.161. The third-order valence-corrected chi connectivity index (χ3v) is 10.8. The summed E-state index contributed by atoms with van der Waals surface area (Å²) in [6, 6.07) is 0. The lowest BCUT2D eigenvalue weighted by Crippen LogP contribution is -2.29. The SMILES string of the molecule is CCCCCCCC/C=C\CCCCCCCC(=O)OC[C@H](COP(=O)(O)OCCN)OC(=O)CCCCCCCCC/C=C\CCCCCCCCCC. The Balaban J connectivity index is 4.12. The standard InChI is InChI=1S/C45H86NO8P/c1-3-5-7-9-11-13-15-17-19-20-21-22-24-26-28-30-32-34-36-38-45(48)54-43(42-53-55(49,50)52-40-39-46)41-51-44(47)37-35-33-31-29-27-25-23-18-16-14-12-10-8-6-4-2/h18,20-21,23,43H,3-17,19,22,24-42,46H2,1-2H3,(H,49,50)/b21-20-,23-18-/t43-/m1/s1. The van der Waals surface area contributed by atoms with Crippen molar-refractivity contribution in [3.05, 3.63) is 24.3 Å². The zero-order chi connectivity index (χ0) is 40.3. The van der Waals surface area contributed by atoms with Gasteiger partial charge in [-0.3, -0.25) is 18.6 Å². The summed E-state index contributed by atoms with van der Waals surface area (Å²) in [6.45, 7) is 3.73. The van der Waals surface area contributed by atoms with Gasteiger partial charge in [-0.05, 0) is 64.2 Å². The van der Waals surface area contributed by atoms with E-state index in [4.69, 9.17) is 24.3 Å². The first-order valence-corrected chi connectivity index (χ1v) is 24.3. The zero-order valence-corrected chi connectivity index (χ0v) is 36.6. The van der Waals surface area contributed by atoms with E-state index in [0.717, 1.165) is 64.2 Å². The second-order valence-electron chi connectivity index (χ2n) is 15.3. The van der Waals surface area contributed by atoms with Gasteiger partial charge in [0.05, 0.1) is 13.2 Å². The molecule has 0 heterocycles. The van der Waals surface area contributed by atoms with E-state index >= 15 is 0 Å². The van der Waals surface area contributed by atoms with Gasteiger partial charge in [0.1, 0.15) is 6.61 Å². The number of carbonyl (C=O) groups excluding carboxylic acids is 2. The van der Waals surface area contributed by atoms with Crippen LogP contribution in [0.15, 0.2) is 24.3 Å². The maximum atomic E-state index is 12.6. The van der Waals surface area contributed by atoms with Gasteiger partial charge < -0.3 is 20.1 Å². The highest BCUT2D eigenvalue weighted by molar-refractivity contribution is 7.47. The van der Waals surface area contributed by atoms with Crippen molar-refractivity contribution < 1.29 is 37.6 Å². The van der Waals surface area contributed by atoms with Crippen molar-refractivity contribution in [3.8, 4) is 0 Å². The maximum absolute atomic E-state index is 12.6. The van der Waals surface area contributed by atoms with E-state index in [2.05, 4.69) is 38.2 Å². The van der Waals surface area contributed by atoms with Crippen LogP contribution in [-0.2, 0) is 32.7 Å². The molecule has 55 heavy (non-hydrogen) atoms. The van der Waals surface area contributed by atoms with E-state index in [1.807, 2.05) is 0 Å². The van der Waals surface area contributed by atoms with Gasteiger partial charge >= 0.3 is 19.8 Å². The lowest BCUT2D eigenvalue weighted by Gasteiger charge is -2.19. The second kappa shape index (κ2) is 42.1. The average molecular weight is 800 g/mol. The Morgan fingerprint density at radius 2 is 0.891 bits per heavy atom. The number of unbranched alkanes of at least 4 members (excludes halogenated alkanes) is 26. The van der Waals surface area contributed by atoms with Crippen LogP contribution in [-0.4, -0.2) is 49.3 Å². The molecule has 0 aromatic rings. The molecule has 0 saturated heterocycles. The summed E-state index contributed by atoms with van der Waals surface area (Å²) < 4.78 is 32.8. The van der Waals surface area contributed by atoms with Crippen LogP contribution in [0.3, 0.4) is 0 Å². The topological polar surface area (TPSA) is 134 Å². The fourth-order valence-electron chi connectivity index (χ4n) is 6.39. The molecule has 0 amide bonds. The molecule has 2 atom stereocenters. The number of rotatable bonds is 43. The van der Waals surface area contributed by atoms with E-state index in [1.54, 1.807) is 0 Å². The van der Waals surface area contributed by atoms with Crippen LogP contribution in [0.1, 0.15) is 219 Å². The molecule has 0 spiro atoms. The van der Waals surface area contributed by atoms with Crippen molar-refractivity contribution in [3.63, 3.8) is 0 Å². The summed E-state index contributed by atoms with van der Waals surface area (Å²) in [6.07, 6.45) is 44.9. The quantitative estimate of drug-likeness (QED) is 0.0267. The van der Waals surface area contributed by atoms with Crippen molar-refractivity contribution in [1.29, 1.82) is 0 Å². The Morgan fingerprint density at radius 1 is 0.527 bits per heavy atom. The number of esters is 2. The predicted octanol–water partition coefficient (Wildman–Crippen LogP) is 13.2. The largest absolute Gasteiger partial charge is 0.472 e. The average Bonchev–Trinajstić information content (AvgIpc) is 3.17. The summed E-state index contributed by atoms with van der Waals surface area (Å²) in [7, 11) is -4.38. The number of phosphoric acid groups is 1. The van der Waals surface area contributed by atoms with Crippen molar-refractivity contribution in [2.45, 2.75) is 225 Å². The number of nitrogens with two attached hydrogens (primary N) is 1. The number of ether oxygens (including phenoxy) is 2. The third-order valence-electron chi connectivity index (χ3n) is 9.81. The molecule has 0 rings (SSSR count). The molecule has 3 N–H and O–H groups in total. The van der Waals surface area contributed by atoms with Gasteiger partial charge in [0.25, 0.3) is 0 Å². The monoisotopic (exact) mass is 800 g/mol. The molecular weight excluding hydrogens is 713 g/mol. The Kier molecular flexibility index (Phi) is 40.9. The smallest absolute Gasteiger partial charge is 0.462 e. The predicted molar refractivity (Wildman–Crippen MR) is 229 cm³/mol. The minimum absolute atomic E-state index is 0.0527. The Labute approximate surface area is 338 Å². The van der Waals surface area contributed by atoms with Crippen LogP contribution in [0.5, 0.6) is 0 Å². The Hall–Kier alpha value is -1.51. The number of allylic oxidation sites excluding steroid dienone is 4. The summed E-state index contributed by atoms with van der Waals surface area (Å²) in [5.74, 6) is -0.837. The summed E-state index contributed by atoms with van der Waals surface area (Å²) >= 11 is 0. The molecular formula is C45H86NO8P. The zero-order valence-electron chi connectivity index (χ0n) is 35.7. The molecule has 10 heteroatoms. The first-order chi connectivity index (χ1) is 26.8. The molecule has 0 bridgehead atoms. The van der Waals surface area contributed by atoms with Gasteiger partial charge in [0.15, 0.2) is 6.10 Å². The highest BCUT2D eigenvalue weighted by Gasteiger charge is 2.26. The summed E-state index contributed by atoms with van der Waals surface area (Å²) in [5, 5.41) is 0. The first kappa shape index (κ1) is 53.5. The van der Waals surface area contributed by atoms with Crippen molar-refractivity contribution in [2.24, 2.45) is 5.73 Å². The van der Waals surface area contributed by atoms with Gasteiger partial charge in [-0.15, -0.1) is 0 Å². The van der Waals surface area contributed by atoms with Crippen molar-refractivity contribution >= 4 is 19.8 Å². The Morgan fingerprint density at radius 3 is 1.29 bits per heavy atom. The summed E-state index contributed by atoms with van der Waals surface area (Å²) in [4.78, 5) is 34.9. The number of carbonyl (C=O) groups is 2. The first-order valence-electron chi connectivity index (χ1n) is 22.8. The molecule has 0 aliphatic heterocycles. The van der Waals surface area contributed by atoms with Crippen LogP contribution in [0.2, 0.25) is 0 Å². The normalized spacial score (nSPS) is 13.5. The molecule has 324 valence electrons. The Bertz CT molecular complexity index is 959. The van der Waals surface area contributed by atoms with E-state index < -0.39 is 26.5 Å². The molecule has 0 aliphatic rings. The highest BCUT2D eigenvalue weighted by Crippen LogP contribution is 2.43. The van der Waals surface area contributed by atoms with E-state index in [1.165, 1.54) is 122 Å². The number of hydrogen-bond donors (Lipinski definition) is 2. The van der Waals surface area contributed by atoms with Crippen LogP contribution >= 0.6 is 7.82 Å². The molecule has 0 fully saturated rings. The molecule has 1 unspecified atom stereocenters. The minimum atomic E-state index is -4.38. The van der Waals surface area contributed by atoms with Gasteiger partial charge in [0.2, 0.25) is 0 Å². The highest BCUT2D eigenvalue weighted by atomic mass is 31.2. The van der Waals surface area contributed by atoms with E-state index in [0.29, 0.717) is 6.42 Å². The fourth-order valence-corrected chi connectivity index (χ4v) is 7.15. The van der Waals surface area contributed by atoms with Gasteiger partial charge in [-0.2, -0.15) is 0 Å². The summed E-state index contributed by atoms with van der Waals surface area (Å²) in [5.41, 5.74) is 5.35. The molecule has 0 aromatic heterocycles. The van der Waals surface area contributed by atoms with Crippen LogP contribution in [0, 0.1) is 0 Å². The van der Waals surface area contributed by atoms with Gasteiger partial charge in [0, 0.05) is 19.4 Å². The fraction of sp³-hybridized carbons (Fsp3) is 0.867. The van der Waals surface area contributed by atoms with Crippen molar-refractivity contribution in [1.82, 2.24) is 0 Å². The van der Waals surface area contributed by atoms with Crippen LogP contribution in [0.4, 0.5) is 0 Å². The number of phosphoric ester groups is 1. The van der Waals surface area contributed by atoms with E-state index in [-0.39, 0.29) is 38.6 Å². The maximum Gasteiger partial charge on any atom is 0.472 e. The van der Waals surface area contributed by atoms with Crippen LogP contribution < -0.4 is 5.73 Å². The second-order valence-corrected chi connectivity index (χ2v) is 16.7. The van der Waals surface area contributed by atoms with Crippen LogP contribution in [0.25, 0.3) is 0 Å².